The van der Waals surface area contributed by atoms with Crippen LogP contribution in [0.5, 0.6) is 0 Å². The molecule has 1 fully saturated rings. The van der Waals surface area contributed by atoms with Crippen molar-refractivity contribution in [1.29, 1.82) is 0 Å². The van der Waals surface area contributed by atoms with Gasteiger partial charge in [-0.25, -0.2) is 0 Å². The molecule has 2 rings (SSSR count). The summed E-state index contributed by atoms with van der Waals surface area (Å²) in [5.41, 5.74) is 8.38. The van der Waals surface area contributed by atoms with Gasteiger partial charge in [0.15, 0.2) is 0 Å². The molecule has 0 bridgehead atoms. The Kier molecular flexibility index (Phi) is 1.91. The highest BCUT2D eigenvalue weighted by atomic mass is 16.5. The monoisotopic (exact) mass is 180 g/mol. The molecule has 3 heteroatoms. The molecule has 1 aliphatic rings. The molecule has 1 aromatic rings. The van der Waals surface area contributed by atoms with E-state index < -0.39 is 0 Å². The van der Waals surface area contributed by atoms with Crippen molar-refractivity contribution in [3.63, 3.8) is 0 Å². The van der Waals surface area contributed by atoms with Crippen LogP contribution in [0.1, 0.15) is 36.3 Å². The maximum absolute atomic E-state index is 5.99. The maximum atomic E-state index is 5.99. The first kappa shape index (κ1) is 8.75. The smallest absolute Gasteiger partial charge is 0.136 e. The van der Waals surface area contributed by atoms with Gasteiger partial charge in [-0.3, -0.25) is 0 Å². The molecule has 1 heterocycles. The number of hydrogen-bond donors (Lipinski definition) is 1. The van der Waals surface area contributed by atoms with E-state index in [4.69, 9.17) is 10.3 Å². The van der Waals surface area contributed by atoms with Gasteiger partial charge in [0, 0.05) is 11.1 Å². The van der Waals surface area contributed by atoms with E-state index in [1.807, 2.05) is 6.92 Å². The molecular weight excluding hydrogens is 164 g/mol. The number of aryl methyl sites for hydroxylation is 2. The van der Waals surface area contributed by atoms with Gasteiger partial charge >= 0.3 is 0 Å². The highest BCUT2D eigenvalue weighted by Crippen LogP contribution is 2.36. The predicted molar refractivity (Wildman–Crippen MR) is 50.5 cm³/mol. The predicted octanol–water partition coefficient (Wildman–Crippen LogP) is 1.72. The van der Waals surface area contributed by atoms with Crippen molar-refractivity contribution in [2.24, 2.45) is 5.73 Å². The minimum absolute atomic E-state index is 0.124. The van der Waals surface area contributed by atoms with Crippen molar-refractivity contribution >= 4 is 0 Å². The second-order valence-corrected chi connectivity index (χ2v) is 4.17. The molecule has 0 spiro atoms. The summed E-state index contributed by atoms with van der Waals surface area (Å²) in [6, 6.07) is 0. The third-order valence-corrected chi connectivity index (χ3v) is 3.01. The molecule has 0 atom stereocenters. The van der Waals surface area contributed by atoms with Crippen LogP contribution in [0, 0.1) is 13.8 Å². The number of hydrogen-bond acceptors (Lipinski definition) is 3. The van der Waals surface area contributed by atoms with Gasteiger partial charge in [0.1, 0.15) is 5.76 Å². The van der Waals surface area contributed by atoms with Gasteiger partial charge in [0.25, 0.3) is 0 Å². The van der Waals surface area contributed by atoms with Gasteiger partial charge in [-0.05, 0) is 39.5 Å². The van der Waals surface area contributed by atoms with Gasteiger partial charge < -0.3 is 10.3 Å². The number of rotatable bonds is 3. The molecule has 0 amide bonds. The van der Waals surface area contributed by atoms with E-state index in [9.17, 15) is 0 Å². The summed E-state index contributed by atoms with van der Waals surface area (Å²) in [4.78, 5) is 0. The fourth-order valence-corrected chi connectivity index (χ4v) is 1.47. The molecule has 0 saturated heterocycles. The van der Waals surface area contributed by atoms with Crippen molar-refractivity contribution in [3.8, 4) is 0 Å². The molecule has 13 heavy (non-hydrogen) atoms. The average Bonchev–Trinajstić information content (AvgIpc) is 2.75. The van der Waals surface area contributed by atoms with Gasteiger partial charge in [-0.1, -0.05) is 5.16 Å². The van der Waals surface area contributed by atoms with E-state index in [2.05, 4.69) is 12.1 Å². The summed E-state index contributed by atoms with van der Waals surface area (Å²) in [6.07, 6.45) is 4.34. The first-order chi connectivity index (χ1) is 6.11. The van der Waals surface area contributed by atoms with E-state index in [-0.39, 0.29) is 5.54 Å². The van der Waals surface area contributed by atoms with Gasteiger partial charge in [0.2, 0.25) is 0 Å². The Balaban J connectivity index is 1.97. The molecule has 0 radical (unpaired) electrons. The average molecular weight is 180 g/mol. The maximum Gasteiger partial charge on any atom is 0.136 e. The summed E-state index contributed by atoms with van der Waals surface area (Å²) in [7, 11) is 0. The van der Waals surface area contributed by atoms with Crippen LogP contribution in [-0.4, -0.2) is 10.7 Å². The van der Waals surface area contributed by atoms with Gasteiger partial charge in [0.05, 0.1) is 5.69 Å². The molecule has 2 N–H and O–H groups in total. The van der Waals surface area contributed by atoms with Crippen molar-refractivity contribution in [1.82, 2.24) is 5.16 Å². The molecule has 1 saturated carbocycles. The van der Waals surface area contributed by atoms with Crippen molar-refractivity contribution in [2.75, 3.05) is 0 Å². The Morgan fingerprint density at radius 3 is 2.62 bits per heavy atom. The number of aromatic nitrogens is 1. The largest absolute Gasteiger partial charge is 0.361 e. The normalized spacial score (nSPS) is 19.0. The molecule has 72 valence electrons. The summed E-state index contributed by atoms with van der Waals surface area (Å²) in [5, 5.41) is 4.02. The highest BCUT2D eigenvalue weighted by Gasteiger charge is 2.37. The fraction of sp³-hybridized carbons (Fsp3) is 0.700. The molecule has 1 aromatic heterocycles. The van der Waals surface area contributed by atoms with E-state index in [0.29, 0.717) is 0 Å². The molecule has 3 nitrogen and oxygen atoms in total. The lowest BCUT2D eigenvalue weighted by Gasteiger charge is -2.05. The van der Waals surface area contributed by atoms with Crippen LogP contribution in [0.25, 0.3) is 0 Å². The first-order valence-corrected chi connectivity index (χ1v) is 4.81. The Bertz CT molecular complexity index is 313. The highest BCUT2D eigenvalue weighted by molar-refractivity contribution is 5.20. The standard InChI is InChI=1S/C10H16N2O/c1-7-8(2)13-12-9(7)3-4-10(11)5-6-10/h3-6,11H2,1-2H3. The van der Waals surface area contributed by atoms with Gasteiger partial charge in [-0.2, -0.15) is 0 Å². The van der Waals surface area contributed by atoms with Crippen LogP contribution < -0.4 is 5.73 Å². The third-order valence-electron chi connectivity index (χ3n) is 3.01. The fourth-order valence-electron chi connectivity index (χ4n) is 1.47. The molecule has 0 aliphatic heterocycles. The SMILES string of the molecule is Cc1onc(CCC2(N)CC2)c1C. The van der Waals surface area contributed by atoms with Crippen molar-refractivity contribution in [3.05, 3.63) is 17.0 Å². The lowest BCUT2D eigenvalue weighted by Crippen LogP contribution is -2.22. The second-order valence-electron chi connectivity index (χ2n) is 4.17. The van der Waals surface area contributed by atoms with Crippen LogP contribution in [0.3, 0.4) is 0 Å². The summed E-state index contributed by atoms with van der Waals surface area (Å²) in [6.45, 7) is 4.00. The molecule has 0 aromatic carbocycles. The zero-order valence-corrected chi connectivity index (χ0v) is 8.26. The van der Waals surface area contributed by atoms with Crippen molar-refractivity contribution in [2.45, 2.75) is 45.1 Å². The summed E-state index contributed by atoms with van der Waals surface area (Å²) < 4.78 is 5.09. The summed E-state index contributed by atoms with van der Waals surface area (Å²) >= 11 is 0. The zero-order chi connectivity index (χ0) is 9.47. The Morgan fingerprint density at radius 2 is 2.15 bits per heavy atom. The Labute approximate surface area is 78.3 Å². The van der Waals surface area contributed by atoms with Crippen LogP contribution in [0.15, 0.2) is 4.52 Å². The lowest BCUT2D eigenvalue weighted by molar-refractivity contribution is 0.388. The third kappa shape index (κ3) is 1.75. The van der Waals surface area contributed by atoms with Crippen molar-refractivity contribution < 1.29 is 4.52 Å². The van der Waals surface area contributed by atoms with Crippen LogP contribution in [0.2, 0.25) is 0 Å². The molecule has 0 unspecified atom stereocenters. The minimum Gasteiger partial charge on any atom is -0.361 e. The zero-order valence-electron chi connectivity index (χ0n) is 8.26. The molecule has 1 aliphatic carbocycles. The molecular formula is C10H16N2O. The number of nitrogens with two attached hydrogens (primary N) is 1. The Hall–Kier alpha value is -0.830. The van der Waals surface area contributed by atoms with E-state index in [0.717, 1.165) is 24.3 Å². The van der Waals surface area contributed by atoms with E-state index >= 15 is 0 Å². The number of nitrogens with zero attached hydrogens (tertiary/aromatic N) is 1. The topological polar surface area (TPSA) is 52.0 Å². The first-order valence-electron chi connectivity index (χ1n) is 4.81. The quantitative estimate of drug-likeness (QED) is 0.770. The van der Waals surface area contributed by atoms with Gasteiger partial charge in [-0.15, -0.1) is 0 Å². The van der Waals surface area contributed by atoms with Crippen LogP contribution >= 0.6 is 0 Å². The lowest BCUT2D eigenvalue weighted by atomic mass is 10.1. The van der Waals surface area contributed by atoms with Crippen LogP contribution in [0.4, 0.5) is 0 Å². The Morgan fingerprint density at radius 1 is 1.46 bits per heavy atom. The minimum atomic E-state index is 0.124. The second kappa shape index (κ2) is 2.84. The van der Waals surface area contributed by atoms with E-state index in [1.54, 1.807) is 0 Å². The summed E-state index contributed by atoms with van der Waals surface area (Å²) in [5.74, 6) is 0.928. The van der Waals surface area contributed by atoms with Crippen LogP contribution in [-0.2, 0) is 6.42 Å². The van der Waals surface area contributed by atoms with E-state index in [1.165, 1.54) is 18.4 Å².